The summed E-state index contributed by atoms with van der Waals surface area (Å²) in [6, 6.07) is 3.59. The van der Waals surface area contributed by atoms with Crippen LogP contribution >= 0.6 is 30.4 Å². The fraction of sp³-hybridized carbons (Fsp3) is 0.643. The molecule has 1 aromatic carbocycles. The largest absolute Gasteiger partial charge is 0.468 e. The summed E-state index contributed by atoms with van der Waals surface area (Å²) < 4.78 is 26.8. The molecule has 2 aliphatic heterocycles. The normalized spacial score (nSPS) is 29.7. The van der Waals surface area contributed by atoms with Gasteiger partial charge in [0.2, 0.25) is 0 Å². The number of nitrogens with zero attached hydrogens (tertiary/aromatic N) is 2. The third kappa shape index (κ3) is 7.11. The Bertz CT molecular complexity index is 916. The van der Waals surface area contributed by atoms with Crippen molar-refractivity contribution < 1.29 is 25.8 Å². The van der Waals surface area contributed by atoms with Crippen molar-refractivity contribution in [3.05, 3.63) is 58.7 Å². The van der Waals surface area contributed by atoms with Crippen molar-refractivity contribution in [2.45, 2.75) is 72.0 Å². The number of amidine groups is 1. The Balaban J connectivity index is 0.000000223. The summed E-state index contributed by atoms with van der Waals surface area (Å²) in [5, 5.41) is 10.8. The van der Waals surface area contributed by atoms with Gasteiger partial charge in [-0.2, -0.15) is 0 Å². The minimum Gasteiger partial charge on any atom is -0.468 e. The predicted molar refractivity (Wildman–Crippen MR) is 150 cm³/mol. The van der Waals surface area contributed by atoms with Gasteiger partial charge < -0.3 is 17.7 Å². The Morgan fingerprint density at radius 3 is 2.11 bits per heavy atom. The molecule has 0 spiro atoms. The fourth-order valence-corrected chi connectivity index (χ4v) is 8.40. The Morgan fingerprint density at radius 1 is 1.00 bits per heavy atom. The van der Waals surface area contributed by atoms with E-state index < -0.39 is 28.7 Å². The number of hydrogen-bond acceptors (Lipinski definition) is 1. The SMILES string of the molecule is CC1C(C)C2SC3=C(CC(C)(C)C3)C2C1C.[CH3-].[Cl][Ti][Cl].[N-]=C(c1c(F)cccc1F)N1CCCCC1. The predicted octanol–water partition coefficient (Wildman–Crippen LogP) is 9.31. The van der Waals surface area contributed by atoms with E-state index in [9.17, 15) is 14.2 Å². The maximum absolute atomic E-state index is 13.4. The molecule has 0 amide bonds. The summed E-state index contributed by atoms with van der Waals surface area (Å²) in [7, 11) is 9.78. The van der Waals surface area contributed by atoms with Crippen molar-refractivity contribution in [3.8, 4) is 0 Å². The van der Waals surface area contributed by atoms with E-state index >= 15 is 0 Å². The number of benzene rings is 1. The van der Waals surface area contributed by atoms with E-state index in [-0.39, 0.29) is 18.8 Å². The molecule has 4 aliphatic rings. The third-order valence-electron chi connectivity index (χ3n) is 8.29. The fourth-order valence-electron chi connectivity index (χ4n) is 6.21. The van der Waals surface area contributed by atoms with Crippen LogP contribution in [-0.4, -0.2) is 29.1 Å². The quantitative estimate of drug-likeness (QED) is 0.140. The molecule has 0 bridgehead atoms. The molecular formula is C28H40Cl2F2N2STi-2. The van der Waals surface area contributed by atoms with Gasteiger partial charge in [-0.15, -0.1) is 11.8 Å². The molecule has 8 heteroatoms. The van der Waals surface area contributed by atoms with Crippen LogP contribution in [0.15, 0.2) is 28.7 Å². The van der Waals surface area contributed by atoms with Crippen LogP contribution < -0.4 is 0 Å². The van der Waals surface area contributed by atoms with Gasteiger partial charge in [0.25, 0.3) is 0 Å². The number of rotatable bonds is 1. The molecule has 2 aliphatic carbocycles. The molecule has 5 atom stereocenters. The molecule has 202 valence electrons. The van der Waals surface area contributed by atoms with E-state index in [1.54, 1.807) is 9.81 Å². The van der Waals surface area contributed by atoms with E-state index in [1.165, 1.54) is 18.9 Å². The van der Waals surface area contributed by atoms with Crippen LogP contribution in [0, 0.1) is 48.1 Å². The first-order valence-corrected chi connectivity index (χ1v) is 17.8. The third-order valence-corrected chi connectivity index (χ3v) is 9.97. The maximum Gasteiger partial charge on any atom is 0.133 e. The van der Waals surface area contributed by atoms with E-state index in [0.29, 0.717) is 18.5 Å². The van der Waals surface area contributed by atoms with Gasteiger partial charge in [-0.05, 0) is 72.1 Å². The number of likely N-dealkylation sites (tertiary alicyclic amines) is 1. The number of hydrogen-bond donors (Lipinski definition) is 0. The average molecular weight is 593 g/mol. The first-order chi connectivity index (χ1) is 16.5. The van der Waals surface area contributed by atoms with E-state index in [0.717, 1.165) is 60.3 Å². The zero-order valence-corrected chi connectivity index (χ0v) is 26.3. The van der Waals surface area contributed by atoms with Gasteiger partial charge in [0, 0.05) is 10.8 Å². The molecule has 2 heterocycles. The molecule has 0 radical (unpaired) electrons. The smallest absolute Gasteiger partial charge is 0.133 e. The molecule has 36 heavy (non-hydrogen) atoms. The van der Waals surface area contributed by atoms with E-state index in [1.807, 2.05) is 5.57 Å². The van der Waals surface area contributed by atoms with Crippen molar-refractivity contribution in [3.63, 3.8) is 0 Å². The maximum atomic E-state index is 13.4. The number of fused-ring (bicyclic) bond motifs is 2. The molecule has 0 aromatic heterocycles. The minimum atomic E-state index is -0.719. The van der Waals surface area contributed by atoms with E-state index in [2.05, 4.69) is 46.4 Å². The Labute approximate surface area is 238 Å². The zero-order valence-electron chi connectivity index (χ0n) is 22.4. The van der Waals surface area contributed by atoms with Gasteiger partial charge in [0.1, 0.15) is 11.6 Å². The summed E-state index contributed by atoms with van der Waals surface area (Å²) in [6.45, 7) is 13.6. The van der Waals surface area contributed by atoms with Crippen molar-refractivity contribution >= 4 is 36.2 Å². The first-order valence-electron chi connectivity index (χ1n) is 12.6. The molecular weight excluding hydrogens is 553 g/mol. The number of thioether (sulfide) groups is 1. The van der Waals surface area contributed by atoms with Gasteiger partial charge in [-0.25, -0.2) is 8.78 Å². The summed E-state index contributed by atoms with van der Waals surface area (Å²) in [6.07, 6.45) is 5.72. The molecule has 1 saturated carbocycles. The van der Waals surface area contributed by atoms with Crippen molar-refractivity contribution in [1.82, 2.24) is 4.90 Å². The van der Waals surface area contributed by atoms with Crippen LogP contribution in [0.25, 0.3) is 5.41 Å². The van der Waals surface area contributed by atoms with Gasteiger partial charge in [0.15, 0.2) is 0 Å². The van der Waals surface area contributed by atoms with Crippen LogP contribution in [0.5, 0.6) is 0 Å². The first kappa shape index (κ1) is 32.1. The zero-order chi connectivity index (χ0) is 25.9. The standard InChI is InChI=1S/C15H24S.C12H13F2N2.CH3.2ClH.Ti/c1-8-9(2)13-11-6-15(4,5)7-12(11)16-14(13)10(8)3;13-9-5-4-6-10(14)11(9)12(15)16-7-2-1-3-8-16;;;;/h8-10,13-14H,6-7H2,1-5H3;4-6H,1-3,7-8H2;1H3;2*1H;/q;2*-1;;;+2/p-2. The summed E-state index contributed by atoms with van der Waals surface area (Å²) in [4.78, 5) is 3.41. The summed E-state index contributed by atoms with van der Waals surface area (Å²) in [5.74, 6) is 1.95. The van der Waals surface area contributed by atoms with Gasteiger partial charge in [0.05, 0.1) is 0 Å². The van der Waals surface area contributed by atoms with Crippen LogP contribution in [0.3, 0.4) is 0 Å². The Kier molecular flexibility index (Phi) is 12.3. The average Bonchev–Trinajstić information content (AvgIpc) is 3.37. The second-order valence-electron chi connectivity index (χ2n) is 11.2. The summed E-state index contributed by atoms with van der Waals surface area (Å²) in [5.41, 5.74) is 2.10. The summed E-state index contributed by atoms with van der Waals surface area (Å²) >= 11 is 1.69. The second-order valence-corrected chi connectivity index (χ2v) is 15.0. The minimum absolute atomic E-state index is 0. The van der Waals surface area contributed by atoms with Crippen LogP contribution in [0.4, 0.5) is 8.78 Å². The molecule has 2 nitrogen and oxygen atoms in total. The monoisotopic (exact) mass is 592 g/mol. The molecule has 1 aromatic rings. The van der Waals surface area contributed by atoms with Gasteiger partial charge >= 0.3 is 35.6 Å². The van der Waals surface area contributed by atoms with Crippen molar-refractivity contribution in [2.24, 2.45) is 29.1 Å². The number of allylic oxidation sites excluding steroid dienone is 2. The van der Waals surface area contributed by atoms with Gasteiger partial charge in [-0.3, -0.25) is 0 Å². The van der Waals surface area contributed by atoms with E-state index in [4.69, 9.17) is 18.6 Å². The molecule has 0 N–H and O–H groups in total. The van der Waals surface area contributed by atoms with Crippen LogP contribution in [0.1, 0.15) is 72.3 Å². The van der Waals surface area contributed by atoms with Gasteiger partial charge in [-0.1, -0.05) is 71.4 Å². The molecule has 1 saturated heterocycles. The number of halogens is 4. The second kappa shape index (κ2) is 13.8. The van der Waals surface area contributed by atoms with Crippen molar-refractivity contribution in [2.75, 3.05) is 13.1 Å². The number of piperidine rings is 1. The van der Waals surface area contributed by atoms with Crippen molar-refractivity contribution in [1.29, 1.82) is 0 Å². The molecule has 5 unspecified atom stereocenters. The Morgan fingerprint density at radius 2 is 1.56 bits per heavy atom. The van der Waals surface area contributed by atoms with Crippen LogP contribution in [0.2, 0.25) is 0 Å². The topological polar surface area (TPSA) is 25.5 Å². The molecule has 2 fully saturated rings. The molecule has 5 rings (SSSR count). The van der Waals surface area contributed by atoms with Crippen LogP contribution in [-0.2, 0) is 17.0 Å². The Hall–Kier alpha value is -0.0657.